The quantitative estimate of drug-likeness (QED) is 0.584. The Morgan fingerprint density at radius 2 is 1.63 bits per heavy atom. The molecular formula is C18H20N2O7. The van der Waals surface area contributed by atoms with Crippen LogP contribution in [0.25, 0.3) is 0 Å². The summed E-state index contributed by atoms with van der Waals surface area (Å²) in [4.78, 5) is 61.1. The summed E-state index contributed by atoms with van der Waals surface area (Å²) in [6.45, 7) is 2.90. The van der Waals surface area contributed by atoms with E-state index in [4.69, 9.17) is 4.74 Å². The number of esters is 1. The average molecular weight is 376 g/mol. The number of carbonyl (C=O) groups excluding carboxylic acids is 5. The molecule has 0 aromatic heterocycles. The van der Waals surface area contributed by atoms with E-state index < -0.39 is 42.4 Å². The molecule has 1 aliphatic rings. The maximum absolute atomic E-state index is 12.6. The van der Waals surface area contributed by atoms with Crippen molar-refractivity contribution >= 4 is 29.8 Å². The van der Waals surface area contributed by atoms with Gasteiger partial charge in [0.2, 0.25) is 0 Å². The van der Waals surface area contributed by atoms with Gasteiger partial charge in [-0.05, 0) is 24.5 Å². The SMILES string of the molecule is COC(=O)NC(=O)COC(=O)[C@@H](CC(C)C)N1C(=O)c2ccccc2C1=O. The van der Waals surface area contributed by atoms with E-state index in [2.05, 4.69) is 4.74 Å². The number of hydrogen-bond acceptors (Lipinski definition) is 7. The summed E-state index contributed by atoms with van der Waals surface area (Å²) in [6.07, 6.45) is -0.821. The summed E-state index contributed by atoms with van der Waals surface area (Å²) in [5, 5.41) is 1.84. The Morgan fingerprint density at radius 3 is 2.11 bits per heavy atom. The summed E-state index contributed by atoms with van der Waals surface area (Å²) >= 11 is 0. The summed E-state index contributed by atoms with van der Waals surface area (Å²) in [5.41, 5.74) is 0.431. The molecule has 1 aromatic carbocycles. The molecule has 1 atom stereocenters. The van der Waals surface area contributed by atoms with Crippen LogP contribution in [0.4, 0.5) is 4.79 Å². The zero-order chi connectivity index (χ0) is 20.1. The molecular weight excluding hydrogens is 356 g/mol. The van der Waals surface area contributed by atoms with Crippen LogP contribution in [0.3, 0.4) is 0 Å². The third kappa shape index (κ3) is 4.49. The van der Waals surface area contributed by atoms with E-state index in [1.54, 1.807) is 12.1 Å². The first-order chi connectivity index (χ1) is 12.8. The standard InChI is InChI=1S/C18H20N2O7/c1-10(2)8-13(17(24)27-9-14(21)19-18(25)26-3)20-15(22)11-6-4-5-7-12(11)16(20)23/h4-7,10,13H,8-9H2,1-3H3,(H,19,21,25)/t13-/m1/s1. The van der Waals surface area contributed by atoms with Gasteiger partial charge in [-0.3, -0.25) is 24.6 Å². The molecule has 0 unspecified atom stereocenters. The second kappa shape index (κ2) is 8.43. The number of nitrogens with one attached hydrogen (secondary N) is 1. The summed E-state index contributed by atoms with van der Waals surface area (Å²) in [5.74, 6) is -3.00. The van der Waals surface area contributed by atoms with E-state index in [0.717, 1.165) is 12.0 Å². The van der Waals surface area contributed by atoms with Crippen LogP contribution in [-0.2, 0) is 19.1 Å². The molecule has 0 saturated carbocycles. The number of fused-ring (bicyclic) bond motifs is 1. The van der Waals surface area contributed by atoms with Crippen molar-refractivity contribution in [3.8, 4) is 0 Å². The molecule has 0 aliphatic carbocycles. The van der Waals surface area contributed by atoms with Gasteiger partial charge in [-0.2, -0.15) is 0 Å². The van der Waals surface area contributed by atoms with E-state index in [0.29, 0.717) is 0 Å². The lowest BCUT2D eigenvalue weighted by atomic mass is 10.0. The Morgan fingerprint density at radius 1 is 1.07 bits per heavy atom. The normalized spacial score (nSPS) is 14.0. The number of carbonyl (C=O) groups is 5. The maximum Gasteiger partial charge on any atom is 0.413 e. The summed E-state index contributed by atoms with van der Waals surface area (Å²) in [6, 6.07) is 5.10. The molecule has 27 heavy (non-hydrogen) atoms. The molecule has 4 amide bonds. The van der Waals surface area contributed by atoms with Gasteiger partial charge in [0.15, 0.2) is 6.61 Å². The molecule has 0 bridgehead atoms. The van der Waals surface area contributed by atoms with Gasteiger partial charge in [-0.25, -0.2) is 9.59 Å². The second-order valence-electron chi connectivity index (χ2n) is 6.32. The van der Waals surface area contributed by atoms with Crippen LogP contribution in [0.5, 0.6) is 0 Å². The number of alkyl carbamates (subject to hydrolysis) is 1. The fraction of sp³-hybridized carbons (Fsp3) is 0.389. The monoisotopic (exact) mass is 376 g/mol. The molecule has 0 saturated heterocycles. The minimum absolute atomic E-state index is 0.0317. The first kappa shape index (κ1) is 20.1. The third-order valence-corrected chi connectivity index (χ3v) is 3.88. The lowest BCUT2D eigenvalue weighted by molar-refractivity contribution is -0.152. The number of ether oxygens (including phenoxy) is 2. The zero-order valence-electron chi connectivity index (χ0n) is 15.2. The molecule has 0 fully saturated rings. The number of rotatable bonds is 6. The highest BCUT2D eigenvalue weighted by Gasteiger charge is 2.43. The van der Waals surface area contributed by atoms with E-state index in [9.17, 15) is 24.0 Å². The van der Waals surface area contributed by atoms with Crippen molar-refractivity contribution in [1.82, 2.24) is 10.2 Å². The number of methoxy groups -OCH3 is 1. The van der Waals surface area contributed by atoms with Crippen LogP contribution in [0.2, 0.25) is 0 Å². The predicted octanol–water partition coefficient (Wildman–Crippen LogP) is 1.12. The fourth-order valence-electron chi connectivity index (χ4n) is 2.68. The van der Waals surface area contributed by atoms with Crippen molar-refractivity contribution in [3.63, 3.8) is 0 Å². The van der Waals surface area contributed by atoms with E-state index in [1.165, 1.54) is 12.1 Å². The molecule has 9 nitrogen and oxygen atoms in total. The van der Waals surface area contributed by atoms with Crippen LogP contribution < -0.4 is 5.32 Å². The van der Waals surface area contributed by atoms with Crippen molar-refractivity contribution < 1.29 is 33.4 Å². The lowest BCUT2D eigenvalue weighted by Crippen LogP contribution is -2.47. The number of benzene rings is 1. The van der Waals surface area contributed by atoms with Gasteiger partial charge >= 0.3 is 12.1 Å². The number of amides is 4. The Bertz CT molecular complexity index is 753. The Balaban J connectivity index is 2.15. The molecule has 1 heterocycles. The molecule has 144 valence electrons. The summed E-state index contributed by atoms with van der Waals surface area (Å²) in [7, 11) is 1.08. The Hall–Kier alpha value is -3.23. The highest BCUT2D eigenvalue weighted by molar-refractivity contribution is 6.22. The van der Waals surface area contributed by atoms with Gasteiger partial charge in [0.1, 0.15) is 6.04 Å². The minimum atomic E-state index is -1.18. The van der Waals surface area contributed by atoms with Crippen molar-refractivity contribution in [2.24, 2.45) is 5.92 Å². The molecule has 1 N–H and O–H groups in total. The van der Waals surface area contributed by atoms with Crippen LogP contribution in [0.1, 0.15) is 41.0 Å². The van der Waals surface area contributed by atoms with Crippen LogP contribution in [-0.4, -0.2) is 54.4 Å². The lowest BCUT2D eigenvalue weighted by Gasteiger charge is -2.25. The zero-order valence-corrected chi connectivity index (χ0v) is 15.2. The average Bonchev–Trinajstić information content (AvgIpc) is 2.88. The fourth-order valence-corrected chi connectivity index (χ4v) is 2.68. The number of hydrogen-bond donors (Lipinski definition) is 1. The molecule has 9 heteroatoms. The number of nitrogens with zero attached hydrogens (tertiary/aromatic N) is 1. The predicted molar refractivity (Wildman–Crippen MR) is 91.7 cm³/mol. The van der Waals surface area contributed by atoms with E-state index in [1.807, 2.05) is 19.2 Å². The van der Waals surface area contributed by atoms with Gasteiger partial charge < -0.3 is 9.47 Å². The third-order valence-electron chi connectivity index (χ3n) is 3.88. The largest absolute Gasteiger partial charge is 0.454 e. The molecule has 0 radical (unpaired) electrons. The molecule has 2 rings (SSSR count). The first-order valence-corrected chi connectivity index (χ1v) is 8.27. The Labute approximate surface area is 155 Å². The van der Waals surface area contributed by atoms with Crippen molar-refractivity contribution in [2.75, 3.05) is 13.7 Å². The van der Waals surface area contributed by atoms with Gasteiger partial charge in [0, 0.05) is 0 Å². The van der Waals surface area contributed by atoms with Gasteiger partial charge in [-0.15, -0.1) is 0 Å². The first-order valence-electron chi connectivity index (χ1n) is 8.27. The maximum atomic E-state index is 12.6. The van der Waals surface area contributed by atoms with Gasteiger partial charge in [0.05, 0.1) is 18.2 Å². The highest BCUT2D eigenvalue weighted by Crippen LogP contribution is 2.27. The topological polar surface area (TPSA) is 119 Å². The van der Waals surface area contributed by atoms with Gasteiger partial charge in [-0.1, -0.05) is 26.0 Å². The highest BCUT2D eigenvalue weighted by atomic mass is 16.5. The number of imide groups is 2. The molecule has 0 spiro atoms. The molecule has 1 aliphatic heterocycles. The van der Waals surface area contributed by atoms with Crippen molar-refractivity contribution in [2.45, 2.75) is 26.3 Å². The molecule has 1 aromatic rings. The van der Waals surface area contributed by atoms with Crippen LogP contribution >= 0.6 is 0 Å². The van der Waals surface area contributed by atoms with Crippen molar-refractivity contribution in [3.05, 3.63) is 35.4 Å². The Kier molecular flexibility index (Phi) is 6.27. The van der Waals surface area contributed by atoms with E-state index in [-0.39, 0.29) is 23.5 Å². The van der Waals surface area contributed by atoms with Crippen LogP contribution in [0.15, 0.2) is 24.3 Å². The van der Waals surface area contributed by atoms with Crippen molar-refractivity contribution in [1.29, 1.82) is 0 Å². The van der Waals surface area contributed by atoms with Crippen LogP contribution in [0, 0.1) is 5.92 Å². The van der Waals surface area contributed by atoms with E-state index >= 15 is 0 Å². The smallest absolute Gasteiger partial charge is 0.413 e. The summed E-state index contributed by atoms with van der Waals surface area (Å²) < 4.78 is 9.18. The van der Waals surface area contributed by atoms with Gasteiger partial charge in [0.25, 0.3) is 17.7 Å². The second-order valence-corrected chi connectivity index (χ2v) is 6.32. The minimum Gasteiger partial charge on any atom is -0.454 e.